The Morgan fingerprint density at radius 3 is 2.56 bits per heavy atom. The predicted molar refractivity (Wildman–Crippen MR) is 70.3 cm³/mol. The third kappa shape index (κ3) is 4.51. The molecule has 1 aliphatic heterocycles. The van der Waals surface area contributed by atoms with Crippen LogP contribution in [0, 0.1) is 11.8 Å². The van der Waals surface area contributed by atoms with E-state index in [1.807, 2.05) is 26.8 Å². The first-order valence-electron chi connectivity index (χ1n) is 6.43. The van der Waals surface area contributed by atoms with Crippen molar-refractivity contribution >= 4 is 12.4 Å². The maximum atomic E-state index is 11.9. The van der Waals surface area contributed by atoms with Crippen LogP contribution >= 0.6 is 0 Å². The van der Waals surface area contributed by atoms with E-state index in [0.29, 0.717) is 24.9 Å². The number of allylic oxidation sites excluding steroid dienone is 2. The van der Waals surface area contributed by atoms with E-state index in [0.717, 1.165) is 12.7 Å². The fraction of sp³-hybridized carbons (Fsp3) is 0.714. The minimum Gasteiger partial charge on any atom is -0.444 e. The zero-order valence-corrected chi connectivity index (χ0v) is 11.7. The smallest absolute Gasteiger partial charge is 0.410 e. The zero-order valence-electron chi connectivity index (χ0n) is 11.7. The van der Waals surface area contributed by atoms with Crippen LogP contribution in [0.1, 0.15) is 34.1 Å². The lowest BCUT2D eigenvalue weighted by Gasteiger charge is -2.36. The molecule has 4 heteroatoms. The molecular weight excluding hydrogens is 230 g/mol. The third-order valence-corrected chi connectivity index (χ3v) is 3.06. The number of carbonyl (C=O) groups excluding carboxylic acids is 2. The van der Waals surface area contributed by atoms with Gasteiger partial charge in [0.05, 0.1) is 0 Å². The van der Waals surface area contributed by atoms with E-state index < -0.39 is 5.60 Å². The molecule has 2 unspecified atom stereocenters. The summed E-state index contributed by atoms with van der Waals surface area (Å²) < 4.78 is 5.35. The van der Waals surface area contributed by atoms with Gasteiger partial charge in [0.15, 0.2) is 0 Å². The van der Waals surface area contributed by atoms with Gasteiger partial charge in [0.1, 0.15) is 11.9 Å². The van der Waals surface area contributed by atoms with Crippen molar-refractivity contribution in [1.29, 1.82) is 0 Å². The van der Waals surface area contributed by atoms with Crippen LogP contribution in [0.4, 0.5) is 4.79 Å². The second-order valence-corrected chi connectivity index (χ2v) is 5.88. The second-order valence-electron chi connectivity index (χ2n) is 5.88. The first-order chi connectivity index (χ1) is 8.33. The highest BCUT2D eigenvalue weighted by atomic mass is 16.6. The number of nitrogens with zero attached hydrogens (tertiary/aromatic N) is 1. The molecule has 1 saturated heterocycles. The summed E-state index contributed by atoms with van der Waals surface area (Å²) in [6, 6.07) is 0. The highest BCUT2D eigenvalue weighted by Gasteiger charge is 2.29. The van der Waals surface area contributed by atoms with Crippen LogP contribution in [-0.4, -0.2) is 36.0 Å². The minimum absolute atomic E-state index is 0.243. The van der Waals surface area contributed by atoms with E-state index in [9.17, 15) is 9.59 Å². The average Bonchev–Trinajstić information content (AvgIpc) is 2.25. The van der Waals surface area contributed by atoms with Crippen molar-refractivity contribution < 1.29 is 14.3 Å². The van der Waals surface area contributed by atoms with Crippen LogP contribution in [0.3, 0.4) is 0 Å². The van der Waals surface area contributed by atoms with E-state index in [4.69, 9.17) is 4.74 Å². The molecule has 0 aromatic heterocycles. The molecule has 1 rings (SSSR count). The van der Waals surface area contributed by atoms with Crippen LogP contribution in [0.25, 0.3) is 0 Å². The van der Waals surface area contributed by atoms with Gasteiger partial charge in [-0.3, -0.25) is 4.79 Å². The number of ether oxygens (including phenoxy) is 1. The Bertz CT molecular complexity index is 330. The number of hydrogen-bond acceptors (Lipinski definition) is 3. The monoisotopic (exact) mass is 253 g/mol. The number of aldehydes is 1. The van der Waals surface area contributed by atoms with E-state index in [-0.39, 0.29) is 6.09 Å². The maximum Gasteiger partial charge on any atom is 0.410 e. The maximum absolute atomic E-state index is 11.9. The molecule has 1 heterocycles. The average molecular weight is 253 g/mol. The number of amides is 1. The van der Waals surface area contributed by atoms with Crippen molar-refractivity contribution in [2.75, 3.05) is 13.1 Å². The van der Waals surface area contributed by atoms with Crippen LogP contribution in [0.5, 0.6) is 0 Å². The molecule has 0 N–H and O–H groups in total. The molecule has 0 spiro atoms. The summed E-state index contributed by atoms with van der Waals surface area (Å²) >= 11 is 0. The second kappa shape index (κ2) is 6.03. The summed E-state index contributed by atoms with van der Waals surface area (Å²) in [5.41, 5.74) is -0.450. The SMILES string of the molecule is CC1CN(C(=O)OC(C)(C)C)CCC1/C=C/C=O. The van der Waals surface area contributed by atoms with Gasteiger partial charge in [-0.2, -0.15) is 0 Å². The van der Waals surface area contributed by atoms with Gasteiger partial charge in [-0.1, -0.05) is 13.0 Å². The molecule has 102 valence electrons. The molecule has 0 saturated carbocycles. The topological polar surface area (TPSA) is 46.6 Å². The van der Waals surface area contributed by atoms with Crippen molar-refractivity contribution in [3.05, 3.63) is 12.2 Å². The molecule has 2 atom stereocenters. The summed E-state index contributed by atoms with van der Waals surface area (Å²) in [5.74, 6) is 0.719. The lowest BCUT2D eigenvalue weighted by Crippen LogP contribution is -2.44. The normalized spacial score (nSPS) is 25.2. The highest BCUT2D eigenvalue weighted by Crippen LogP contribution is 2.25. The Kier molecular flexibility index (Phi) is 4.93. The van der Waals surface area contributed by atoms with Crippen LogP contribution in [0.15, 0.2) is 12.2 Å². The van der Waals surface area contributed by atoms with Gasteiger partial charge in [-0.05, 0) is 45.1 Å². The summed E-state index contributed by atoms with van der Waals surface area (Å²) in [5, 5.41) is 0. The van der Waals surface area contributed by atoms with Crippen LogP contribution in [0.2, 0.25) is 0 Å². The Balaban J connectivity index is 2.52. The van der Waals surface area contributed by atoms with Crippen molar-refractivity contribution in [2.24, 2.45) is 11.8 Å². The lowest BCUT2D eigenvalue weighted by molar-refractivity contribution is -0.104. The molecule has 4 nitrogen and oxygen atoms in total. The van der Waals surface area contributed by atoms with Gasteiger partial charge < -0.3 is 9.64 Å². The summed E-state index contributed by atoms with van der Waals surface area (Å²) in [6.07, 6.45) is 4.92. The quantitative estimate of drug-likeness (QED) is 0.561. The first-order valence-corrected chi connectivity index (χ1v) is 6.43. The fourth-order valence-corrected chi connectivity index (χ4v) is 2.13. The van der Waals surface area contributed by atoms with Crippen LogP contribution < -0.4 is 0 Å². The van der Waals surface area contributed by atoms with Crippen molar-refractivity contribution in [3.63, 3.8) is 0 Å². The largest absolute Gasteiger partial charge is 0.444 e. The molecule has 1 fully saturated rings. The molecule has 18 heavy (non-hydrogen) atoms. The lowest BCUT2D eigenvalue weighted by atomic mass is 9.87. The fourth-order valence-electron chi connectivity index (χ4n) is 2.13. The van der Waals surface area contributed by atoms with Gasteiger partial charge >= 0.3 is 6.09 Å². The molecule has 0 aromatic rings. The number of carbonyl (C=O) groups is 2. The molecule has 0 aliphatic carbocycles. The number of hydrogen-bond donors (Lipinski definition) is 0. The minimum atomic E-state index is -0.450. The van der Waals surface area contributed by atoms with Gasteiger partial charge in [-0.25, -0.2) is 4.79 Å². The molecule has 0 radical (unpaired) electrons. The Labute approximate surface area is 109 Å². The van der Waals surface area contributed by atoms with Crippen LogP contribution in [-0.2, 0) is 9.53 Å². The molecule has 1 amide bonds. The van der Waals surface area contributed by atoms with E-state index in [1.54, 1.807) is 11.0 Å². The van der Waals surface area contributed by atoms with E-state index >= 15 is 0 Å². The number of likely N-dealkylation sites (tertiary alicyclic amines) is 1. The molecule has 0 aromatic carbocycles. The highest BCUT2D eigenvalue weighted by molar-refractivity contribution is 5.68. The number of piperidine rings is 1. The summed E-state index contributed by atoms with van der Waals surface area (Å²) in [4.78, 5) is 24.0. The Morgan fingerprint density at radius 2 is 2.06 bits per heavy atom. The standard InChI is InChI=1S/C14H23NO3/c1-11-10-15(13(17)18-14(2,3)4)8-7-12(11)6-5-9-16/h5-6,9,11-12H,7-8,10H2,1-4H3/b6-5+. The van der Waals surface area contributed by atoms with Gasteiger partial charge in [0.25, 0.3) is 0 Å². The van der Waals surface area contributed by atoms with Gasteiger partial charge in [-0.15, -0.1) is 0 Å². The molecular formula is C14H23NO3. The van der Waals surface area contributed by atoms with Crippen molar-refractivity contribution in [3.8, 4) is 0 Å². The summed E-state index contributed by atoms with van der Waals surface area (Å²) in [7, 11) is 0. The molecule has 0 bridgehead atoms. The predicted octanol–water partition coefficient (Wildman–Crippen LogP) is 2.63. The van der Waals surface area contributed by atoms with Gasteiger partial charge in [0.2, 0.25) is 0 Å². The Hall–Kier alpha value is -1.32. The Morgan fingerprint density at radius 1 is 1.39 bits per heavy atom. The van der Waals surface area contributed by atoms with Crippen molar-refractivity contribution in [1.82, 2.24) is 4.90 Å². The summed E-state index contributed by atoms with van der Waals surface area (Å²) in [6.45, 7) is 9.07. The first kappa shape index (κ1) is 14.7. The van der Waals surface area contributed by atoms with E-state index in [1.165, 1.54) is 0 Å². The van der Waals surface area contributed by atoms with Crippen molar-refractivity contribution in [2.45, 2.75) is 39.7 Å². The van der Waals surface area contributed by atoms with Gasteiger partial charge in [0, 0.05) is 13.1 Å². The number of rotatable bonds is 2. The zero-order chi connectivity index (χ0) is 13.8. The van der Waals surface area contributed by atoms with E-state index in [2.05, 4.69) is 6.92 Å². The third-order valence-electron chi connectivity index (χ3n) is 3.06. The molecule has 1 aliphatic rings.